The second kappa shape index (κ2) is 7.25. The molecule has 2 aromatic heterocycles. The van der Waals surface area contributed by atoms with Crippen molar-refractivity contribution in [3.05, 3.63) is 64.4 Å². The summed E-state index contributed by atoms with van der Waals surface area (Å²) in [6.07, 6.45) is 2.46. The lowest BCUT2D eigenvalue weighted by Crippen LogP contribution is -2.46. The minimum absolute atomic E-state index is 0.333. The van der Waals surface area contributed by atoms with E-state index in [0.717, 1.165) is 9.48 Å². The number of halogens is 1. The van der Waals surface area contributed by atoms with Crippen molar-refractivity contribution in [1.29, 1.82) is 5.26 Å². The molecule has 1 aromatic carbocycles. The molecule has 0 aliphatic heterocycles. The van der Waals surface area contributed by atoms with Crippen molar-refractivity contribution in [3.63, 3.8) is 0 Å². The normalized spacial score (nSPS) is 10.2. The summed E-state index contributed by atoms with van der Waals surface area (Å²) in [5.74, 6) is -0.476. The Kier molecular flexibility index (Phi) is 4.86. The number of ether oxygens (including phenoxy) is 1. The van der Waals surface area contributed by atoms with E-state index in [1.165, 1.54) is 7.11 Å². The topological polar surface area (TPSA) is 99.7 Å². The second-order valence-corrected chi connectivity index (χ2v) is 5.99. The van der Waals surface area contributed by atoms with Crippen LogP contribution in [0.5, 0.6) is 0 Å². The van der Waals surface area contributed by atoms with Gasteiger partial charge in [0.25, 0.3) is 5.91 Å². The molecule has 3 rings (SSSR count). The van der Waals surface area contributed by atoms with Crippen LogP contribution in [0.2, 0.25) is 0 Å². The molecular weight excluding hydrogens is 402 g/mol. The summed E-state index contributed by atoms with van der Waals surface area (Å²) in [6.45, 7) is 0. The van der Waals surface area contributed by atoms with Gasteiger partial charge in [-0.2, -0.15) is 10.4 Å². The van der Waals surface area contributed by atoms with Crippen molar-refractivity contribution in [1.82, 2.24) is 15.0 Å². The van der Waals surface area contributed by atoms with Crippen LogP contribution in [0.1, 0.15) is 15.9 Å². The first kappa shape index (κ1) is 17.4. The van der Waals surface area contributed by atoms with E-state index in [4.69, 9.17) is 5.26 Å². The van der Waals surface area contributed by atoms with Crippen LogP contribution in [0, 0.1) is 11.3 Å². The Morgan fingerprint density at radius 1 is 1.31 bits per heavy atom. The van der Waals surface area contributed by atoms with E-state index in [9.17, 15) is 9.59 Å². The summed E-state index contributed by atoms with van der Waals surface area (Å²) in [6, 6.07) is 11.4. The number of hydrogen-bond acceptors (Lipinski definition) is 5. The third-order valence-corrected chi connectivity index (χ3v) is 4.18. The Bertz CT molecular complexity index is 1020. The van der Waals surface area contributed by atoms with E-state index in [1.807, 2.05) is 6.07 Å². The van der Waals surface area contributed by atoms with Gasteiger partial charge < -0.3 is 4.74 Å². The maximum atomic E-state index is 13.0. The summed E-state index contributed by atoms with van der Waals surface area (Å²) in [7, 11) is 1.20. The maximum Gasteiger partial charge on any atom is 0.426 e. The van der Waals surface area contributed by atoms with Crippen LogP contribution in [0.4, 0.5) is 10.5 Å². The number of aromatic nitrogens is 2. The Balaban J connectivity index is 2.00. The van der Waals surface area contributed by atoms with E-state index >= 15 is 0 Å². The van der Waals surface area contributed by atoms with Gasteiger partial charge in [-0.25, -0.2) is 19.7 Å². The number of carbonyl (C=O) groups excluding carboxylic acids is 2. The van der Waals surface area contributed by atoms with Crippen molar-refractivity contribution in [3.8, 4) is 6.07 Å². The fourth-order valence-electron chi connectivity index (χ4n) is 2.27. The Hall–Kier alpha value is -3.38. The number of amides is 2. The van der Waals surface area contributed by atoms with Crippen LogP contribution in [0.25, 0.3) is 5.52 Å². The van der Waals surface area contributed by atoms with Gasteiger partial charge >= 0.3 is 6.09 Å². The maximum absolute atomic E-state index is 13.0. The first-order valence-corrected chi connectivity index (χ1v) is 8.15. The number of hydrazine groups is 1. The largest absolute Gasteiger partial charge is 0.452 e. The number of methoxy groups -OCH3 is 1. The number of carbonyl (C=O) groups is 2. The van der Waals surface area contributed by atoms with E-state index in [0.29, 0.717) is 22.3 Å². The molecule has 130 valence electrons. The molecule has 1 N–H and O–H groups in total. The fraction of sp³-hybridized carbons (Fsp3) is 0.0588. The van der Waals surface area contributed by atoms with Gasteiger partial charge in [0.05, 0.1) is 40.6 Å². The predicted molar refractivity (Wildman–Crippen MR) is 96.4 cm³/mol. The lowest BCUT2D eigenvalue weighted by Gasteiger charge is -2.22. The average Bonchev–Trinajstić information content (AvgIpc) is 3.05. The number of nitriles is 1. The minimum Gasteiger partial charge on any atom is -0.452 e. The molecule has 0 unspecified atom stereocenters. The zero-order valence-electron chi connectivity index (χ0n) is 13.5. The van der Waals surface area contributed by atoms with Crippen molar-refractivity contribution >= 4 is 39.1 Å². The first-order chi connectivity index (χ1) is 12.5. The summed E-state index contributed by atoms with van der Waals surface area (Å²) >= 11 is 3.37. The number of pyridine rings is 1. The van der Waals surface area contributed by atoms with Crippen molar-refractivity contribution in [2.24, 2.45) is 0 Å². The standard InChI is InChI=1S/C17H12BrN5O3/c1-26-17(25)21-23(13-4-2-11(9-19)3-5-13)16(24)12-6-7-22-15(8-12)14(18)10-20-22/h2-8,10H,1H3,(H,21,25). The van der Waals surface area contributed by atoms with E-state index < -0.39 is 12.0 Å². The number of nitrogens with zero attached hydrogens (tertiary/aromatic N) is 4. The molecule has 0 aliphatic carbocycles. The van der Waals surface area contributed by atoms with Crippen molar-refractivity contribution < 1.29 is 14.3 Å². The Morgan fingerprint density at radius 3 is 2.69 bits per heavy atom. The van der Waals surface area contributed by atoms with Gasteiger partial charge in [-0.3, -0.25) is 4.79 Å². The van der Waals surface area contributed by atoms with Gasteiger partial charge in [-0.05, 0) is 52.3 Å². The number of rotatable bonds is 2. The molecule has 0 saturated heterocycles. The van der Waals surface area contributed by atoms with Gasteiger partial charge in [0.2, 0.25) is 0 Å². The monoisotopic (exact) mass is 413 g/mol. The molecule has 2 heterocycles. The molecular formula is C17H12BrN5O3. The summed E-state index contributed by atoms with van der Waals surface area (Å²) in [5, 5.41) is 14.1. The van der Waals surface area contributed by atoms with Crippen LogP contribution in [-0.2, 0) is 4.74 Å². The number of fused-ring (bicyclic) bond motifs is 1. The molecule has 3 aromatic rings. The molecule has 0 fully saturated rings. The van der Waals surface area contributed by atoms with Gasteiger partial charge in [0, 0.05) is 11.8 Å². The molecule has 0 spiro atoms. The van der Waals surface area contributed by atoms with Crippen molar-refractivity contribution in [2.75, 3.05) is 12.1 Å². The number of nitrogens with one attached hydrogen (secondary N) is 1. The lowest BCUT2D eigenvalue weighted by atomic mass is 10.2. The molecule has 26 heavy (non-hydrogen) atoms. The van der Waals surface area contributed by atoms with E-state index in [2.05, 4.69) is 31.2 Å². The first-order valence-electron chi connectivity index (χ1n) is 7.35. The highest BCUT2D eigenvalue weighted by Crippen LogP contribution is 2.21. The smallest absolute Gasteiger partial charge is 0.426 e. The number of hydrogen-bond donors (Lipinski definition) is 1. The van der Waals surface area contributed by atoms with Gasteiger partial charge in [0.1, 0.15) is 0 Å². The molecule has 0 aliphatic rings. The van der Waals surface area contributed by atoms with Crippen molar-refractivity contribution in [2.45, 2.75) is 0 Å². The molecule has 9 heteroatoms. The highest BCUT2D eigenvalue weighted by Gasteiger charge is 2.21. The molecule has 8 nitrogen and oxygen atoms in total. The zero-order valence-corrected chi connectivity index (χ0v) is 15.1. The highest BCUT2D eigenvalue weighted by molar-refractivity contribution is 9.10. The Labute approximate surface area is 156 Å². The second-order valence-electron chi connectivity index (χ2n) is 5.14. The van der Waals surface area contributed by atoms with Crippen LogP contribution in [0.3, 0.4) is 0 Å². The van der Waals surface area contributed by atoms with Crippen LogP contribution < -0.4 is 10.4 Å². The van der Waals surface area contributed by atoms with Gasteiger partial charge in [-0.1, -0.05) is 0 Å². The molecule has 0 radical (unpaired) electrons. The fourth-order valence-corrected chi connectivity index (χ4v) is 2.66. The highest BCUT2D eigenvalue weighted by atomic mass is 79.9. The summed E-state index contributed by atoms with van der Waals surface area (Å²) in [4.78, 5) is 24.7. The third kappa shape index (κ3) is 3.36. The third-order valence-electron chi connectivity index (χ3n) is 3.57. The zero-order chi connectivity index (χ0) is 18.7. The number of anilines is 1. The van der Waals surface area contributed by atoms with Crippen LogP contribution in [-0.4, -0.2) is 28.7 Å². The van der Waals surface area contributed by atoms with E-state index in [1.54, 1.807) is 53.3 Å². The summed E-state index contributed by atoms with van der Waals surface area (Å²) in [5.41, 5.74) is 4.23. The molecule has 0 saturated carbocycles. The quantitative estimate of drug-likeness (QED) is 0.651. The number of benzene rings is 1. The SMILES string of the molecule is COC(=O)NN(C(=O)c1ccn2ncc(Br)c2c1)c1ccc(C#N)cc1. The molecule has 2 amide bonds. The Morgan fingerprint density at radius 2 is 2.04 bits per heavy atom. The minimum atomic E-state index is -0.797. The van der Waals surface area contributed by atoms with E-state index in [-0.39, 0.29) is 0 Å². The van der Waals surface area contributed by atoms with Gasteiger partial charge in [0.15, 0.2) is 0 Å². The molecule has 0 bridgehead atoms. The lowest BCUT2D eigenvalue weighted by molar-refractivity contribution is 0.0965. The average molecular weight is 414 g/mol. The van der Waals surface area contributed by atoms with Crippen LogP contribution in [0.15, 0.2) is 53.3 Å². The molecule has 0 atom stereocenters. The van der Waals surface area contributed by atoms with Gasteiger partial charge in [-0.15, -0.1) is 0 Å². The summed E-state index contributed by atoms with van der Waals surface area (Å²) < 4.78 is 6.94. The van der Waals surface area contributed by atoms with Crippen LogP contribution >= 0.6 is 15.9 Å². The predicted octanol–water partition coefficient (Wildman–Crippen LogP) is 2.89.